The molecule has 1 unspecified atom stereocenters. The molecule has 1 saturated heterocycles. The Labute approximate surface area is 120 Å². The lowest BCUT2D eigenvalue weighted by atomic mass is 10.1. The number of H-pyrrole nitrogens is 1. The second-order valence-electron chi connectivity index (χ2n) is 5.00. The average molecular weight is 288 g/mol. The number of fused-ring (bicyclic) bond motifs is 1. The number of carbonyl (C=O) groups is 2. The van der Waals surface area contributed by atoms with Gasteiger partial charge in [0.1, 0.15) is 6.04 Å². The highest BCUT2D eigenvalue weighted by molar-refractivity contribution is 6.08. The molecule has 0 spiro atoms. The summed E-state index contributed by atoms with van der Waals surface area (Å²) in [5, 5.41) is 0.768. The average Bonchev–Trinajstić information content (AvgIpc) is 2.89. The maximum atomic E-state index is 12.7. The van der Waals surface area contributed by atoms with Crippen molar-refractivity contribution in [2.75, 3.05) is 25.5 Å². The van der Waals surface area contributed by atoms with Gasteiger partial charge in [-0.3, -0.25) is 9.59 Å². The van der Waals surface area contributed by atoms with Gasteiger partial charge in [-0.1, -0.05) is 0 Å². The van der Waals surface area contributed by atoms with Crippen LogP contribution in [0.3, 0.4) is 0 Å². The number of morpholine rings is 1. The molecule has 7 heteroatoms. The van der Waals surface area contributed by atoms with E-state index in [9.17, 15) is 9.59 Å². The number of nitrogens with one attached hydrogen (secondary N) is 1. The topological polar surface area (TPSA) is 114 Å². The van der Waals surface area contributed by atoms with Crippen LogP contribution in [0.1, 0.15) is 10.4 Å². The van der Waals surface area contributed by atoms with Gasteiger partial charge >= 0.3 is 0 Å². The molecule has 1 aromatic carbocycles. The molecule has 21 heavy (non-hydrogen) atoms. The van der Waals surface area contributed by atoms with Crippen molar-refractivity contribution >= 4 is 28.4 Å². The minimum Gasteiger partial charge on any atom is -0.399 e. The monoisotopic (exact) mass is 288 g/mol. The summed E-state index contributed by atoms with van der Waals surface area (Å²) in [6.45, 7) is 0.870. The van der Waals surface area contributed by atoms with Gasteiger partial charge in [0.15, 0.2) is 0 Å². The van der Waals surface area contributed by atoms with Gasteiger partial charge in [-0.2, -0.15) is 0 Å². The molecule has 1 aliphatic rings. The van der Waals surface area contributed by atoms with Crippen molar-refractivity contribution in [3.05, 3.63) is 30.0 Å². The number of aromatic nitrogens is 1. The van der Waals surface area contributed by atoms with E-state index in [-0.39, 0.29) is 12.5 Å². The third kappa shape index (κ3) is 2.31. The quantitative estimate of drug-likeness (QED) is 0.679. The minimum atomic E-state index is -0.731. The first-order chi connectivity index (χ1) is 10.1. The van der Waals surface area contributed by atoms with Gasteiger partial charge in [-0.05, 0) is 18.2 Å². The van der Waals surface area contributed by atoms with E-state index in [1.807, 2.05) is 0 Å². The number of rotatable bonds is 2. The molecule has 1 fully saturated rings. The molecule has 110 valence electrons. The molecular weight excluding hydrogens is 272 g/mol. The van der Waals surface area contributed by atoms with Crippen molar-refractivity contribution in [1.29, 1.82) is 0 Å². The summed E-state index contributed by atoms with van der Waals surface area (Å²) in [6, 6.07) is 4.55. The SMILES string of the molecule is NC(=O)C1COCCN1C(=O)c1c[nH]c2cc(N)ccc12. The summed E-state index contributed by atoms with van der Waals surface area (Å²) in [7, 11) is 0. The van der Waals surface area contributed by atoms with Gasteiger partial charge in [0.2, 0.25) is 5.91 Å². The summed E-state index contributed by atoms with van der Waals surface area (Å²) in [4.78, 5) is 28.6. The zero-order valence-electron chi connectivity index (χ0n) is 11.3. The molecule has 0 bridgehead atoms. The Kier molecular flexibility index (Phi) is 3.26. The van der Waals surface area contributed by atoms with Crippen LogP contribution in [0.5, 0.6) is 0 Å². The van der Waals surface area contributed by atoms with Crippen molar-refractivity contribution in [3.8, 4) is 0 Å². The highest BCUT2D eigenvalue weighted by Gasteiger charge is 2.32. The molecule has 2 heterocycles. The summed E-state index contributed by atoms with van der Waals surface area (Å²) >= 11 is 0. The first kappa shape index (κ1) is 13.4. The number of nitrogen functional groups attached to an aromatic ring is 1. The number of ether oxygens (including phenoxy) is 1. The van der Waals surface area contributed by atoms with Crippen LogP contribution in [-0.4, -0.2) is 47.5 Å². The number of anilines is 1. The zero-order valence-corrected chi connectivity index (χ0v) is 11.3. The Morgan fingerprint density at radius 2 is 2.19 bits per heavy atom. The number of primary amides is 1. The highest BCUT2D eigenvalue weighted by atomic mass is 16.5. The van der Waals surface area contributed by atoms with Crippen LogP contribution in [0.25, 0.3) is 10.9 Å². The molecule has 5 N–H and O–H groups in total. The summed E-state index contributed by atoms with van der Waals surface area (Å²) in [5.74, 6) is -0.801. The van der Waals surface area contributed by atoms with Crippen molar-refractivity contribution in [2.24, 2.45) is 5.73 Å². The van der Waals surface area contributed by atoms with Crippen LogP contribution >= 0.6 is 0 Å². The predicted molar refractivity (Wildman–Crippen MR) is 77.5 cm³/mol. The highest BCUT2D eigenvalue weighted by Crippen LogP contribution is 2.23. The van der Waals surface area contributed by atoms with Crippen molar-refractivity contribution in [2.45, 2.75) is 6.04 Å². The predicted octanol–water partition coefficient (Wildman–Crippen LogP) is 0.0764. The standard InChI is InChI=1S/C14H16N4O3/c15-8-1-2-9-10(6-17-11(9)5-8)14(20)18-3-4-21-7-12(18)13(16)19/h1-2,5-6,12,17H,3-4,7,15H2,(H2,16,19). The molecular formula is C14H16N4O3. The van der Waals surface area contributed by atoms with Gasteiger partial charge in [0.05, 0.1) is 18.8 Å². The fraction of sp³-hybridized carbons (Fsp3) is 0.286. The van der Waals surface area contributed by atoms with E-state index in [0.717, 1.165) is 10.9 Å². The van der Waals surface area contributed by atoms with Crippen LogP contribution in [0, 0.1) is 0 Å². The smallest absolute Gasteiger partial charge is 0.256 e. The molecule has 3 rings (SSSR count). The van der Waals surface area contributed by atoms with Crippen LogP contribution in [-0.2, 0) is 9.53 Å². The summed E-state index contributed by atoms with van der Waals surface area (Å²) in [6.07, 6.45) is 1.62. The van der Waals surface area contributed by atoms with Crippen LogP contribution < -0.4 is 11.5 Å². The first-order valence-electron chi connectivity index (χ1n) is 6.62. The van der Waals surface area contributed by atoms with Gasteiger partial charge in [0, 0.05) is 29.3 Å². The third-order valence-electron chi connectivity index (χ3n) is 3.65. The van der Waals surface area contributed by atoms with E-state index in [2.05, 4.69) is 4.98 Å². The minimum absolute atomic E-state index is 0.135. The molecule has 0 radical (unpaired) electrons. The van der Waals surface area contributed by atoms with Crippen molar-refractivity contribution in [3.63, 3.8) is 0 Å². The summed E-state index contributed by atoms with van der Waals surface area (Å²) < 4.78 is 5.23. The van der Waals surface area contributed by atoms with E-state index in [4.69, 9.17) is 16.2 Å². The second kappa shape index (κ2) is 5.10. The van der Waals surface area contributed by atoms with Crippen molar-refractivity contribution in [1.82, 2.24) is 9.88 Å². The molecule has 1 aromatic heterocycles. The molecule has 1 atom stereocenters. The fourth-order valence-electron chi connectivity index (χ4n) is 2.56. The lowest BCUT2D eigenvalue weighted by Crippen LogP contribution is -2.54. The number of benzene rings is 1. The Hall–Kier alpha value is -2.54. The number of amides is 2. The second-order valence-corrected chi connectivity index (χ2v) is 5.00. The Bertz CT molecular complexity index is 709. The number of hydrogen-bond donors (Lipinski definition) is 3. The molecule has 0 saturated carbocycles. The molecule has 1 aliphatic heterocycles. The van der Waals surface area contributed by atoms with Gasteiger partial charge < -0.3 is 26.1 Å². The van der Waals surface area contributed by atoms with E-state index in [1.165, 1.54) is 4.90 Å². The number of nitrogens with zero attached hydrogens (tertiary/aromatic N) is 1. The maximum Gasteiger partial charge on any atom is 0.256 e. The van der Waals surface area contributed by atoms with Crippen LogP contribution in [0.2, 0.25) is 0 Å². The normalized spacial score (nSPS) is 18.9. The molecule has 0 aliphatic carbocycles. The van der Waals surface area contributed by atoms with E-state index < -0.39 is 11.9 Å². The lowest BCUT2D eigenvalue weighted by molar-refractivity contribution is -0.127. The Morgan fingerprint density at radius 1 is 1.38 bits per heavy atom. The molecule has 7 nitrogen and oxygen atoms in total. The Balaban J connectivity index is 1.97. The van der Waals surface area contributed by atoms with E-state index in [1.54, 1.807) is 24.4 Å². The molecule has 2 aromatic rings. The van der Waals surface area contributed by atoms with Crippen LogP contribution in [0.4, 0.5) is 5.69 Å². The zero-order chi connectivity index (χ0) is 15.0. The fourth-order valence-corrected chi connectivity index (χ4v) is 2.56. The van der Waals surface area contributed by atoms with Gasteiger partial charge in [-0.15, -0.1) is 0 Å². The molecule has 2 amide bonds. The van der Waals surface area contributed by atoms with Crippen molar-refractivity contribution < 1.29 is 14.3 Å². The van der Waals surface area contributed by atoms with Gasteiger partial charge in [-0.25, -0.2) is 0 Å². The largest absolute Gasteiger partial charge is 0.399 e. The number of nitrogens with two attached hydrogens (primary N) is 2. The van der Waals surface area contributed by atoms with E-state index >= 15 is 0 Å². The van der Waals surface area contributed by atoms with Crippen LogP contribution in [0.15, 0.2) is 24.4 Å². The lowest BCUT2D eigenvalue weighted by Gasteiger charge is -2.33. The number of aromatic amines is 1. The van der Waals surface area contributed by atoms with Gasteiger partial charge in [0.25, 0.3) is 5.91 Å². The number of carbonyl (C=O) groups excluding carboxylic acids is 2. The summed E-state index contributed by atoms with van der Waals surface area (Å²) in [5.41, 5.74) is 13.0. The Morgan fingerprint density at radius 3 is 2.95 bits per heavy atom. The van der Waals surface area contributed by atoms with E-state index in [0.29, 0.717) is 24.4 Å². The number of hydrogen-bond acceptors (Lipinski definition) is 4. The third-order valence-corrected chi connectivity index (χ3v) is 3.65. The first-order valence-corrected chi connectivity index (χ1v) is 6.62. The maximum absolute atomic E-state index is 12.7.